The van der Waals surface area contributed by atoms with Crippen molar-refractivity contribution in [2.75, 3.05) is 32.0 Å². The van der Waals surface area contributed by atoms with Gasteiger partial charge in [0.15, 0.2) is 0 Å². The van der Waals surface area contributed by atoms with Crippen molar-refractivity contribution < 1.29 is 0 Å². The highest BCUT2D eigenvalue weighted by atomic mass is 15.1. The molecule has 4 fully saturated rings. The van der Waals surface area contributed by atoms with Gasteiger partial charge in [-0.05, 0) is 93.8 Å². The largest absolute Gasteiger partial charge is 0.384 e. The maximum Gasteiger partial charge on any atom is 0.0722 e. The number of nitrogens with one attached hydrogen (secondary N) is 1. The summed E-state index contributed by atoms with van der Waals surface area (Å²) in [5.41, 5.74) is 2.95. The van der Waals surface area contributed by atoms with Crippen molar-refractivity contribution in [1.82, 2.24) is 9.88 Å². The fraction of sp³-hybridized carbons (Fsp3) is 0.625. The Kier molecular flexibility index (Phi) is 4.59. The minimum Gasteiger partial charge on any atom is -0.384 e. The Balaban J connectivity index is 1.12. The average Bonchev–Trinajstić information content (AvgIpc) is 2.64. The maximum atomic E-state index is 4.45. The zero-order valence-electron chi connectivity index (χ0n) is 16.7. The lowest BCUT2D eigenvalue weighted by Gasteiger charge is -2.57. The molecule has 0 spiro atoms. The summed E-state index contributed by atoms with van der Waals surface area (Å²) in [6.07, 6.45) is 12.3. The van der Waals surface area contributed by atoms with Crippen molar-refractivity contribution in [1.29, 1.82) is 0 Å². The van der Waals surface area contributed by atoms with Crippen molar-refractivity contribution in [2.45, 2.75) is 44.9 Å². The average molecular weight is 364 g/mol. The van der Waals surface area contributed by atoms with E-state index in [0.29, 0.717) is 5.41 Å². The van der Waals surface area contributed by atoms with E-state index in [1.807, 2.05) is 6.20 Å². The van der Waals surface area contributed by atoms with Crippen molar-refractivity contribution in [3.63, 3.8) is 0 Å². The molecule has 1 N–H and O–H groups in total. The topological polar surface area (TPSA) is 28.2 Å². The van der Waals surface area contributed by atoms with Gasteiger partial charge in [-0.25, -0.2) is 0 Å². The van der Waals surface area contributed by atoms with Crippen LogP contribution in [-0.4, -0.2) is 36.6 Å². The smallest absolute Gasteiger partial charge is 0.0722 e. The van der Waals surface area contributed by atoms with Crippen LogP contribution in [0.15, 0.2) is 36.5 Å². The van der Waals surface area contributed by atoms with Crippen molar-refractivity contribution in [3.8, 4) is 0 Å². The van der Waals surface area contributed by atoms with Crippen LogP contribution >= 0.6 is 0 Å². The molecule has 27 heavy (non-hydrogen) atoms. The molecule has 0 amide bonds. The van der Waals surface area contributed by atoms with Gasteiger partial charge in [0.05, 0.1) is 5.52 Å². The predicted octanol–water partition coefficient (Wildman–Crippen LogP) is 5.19. The standard InChI is InChI=1S/C24H33N3/c1-27(17-24-14-18-11-19(15-24)13-20(12-18)16-24)10-4-8-25-23-7-9-26-22-6-3-2-5-21(22)23/h2-3,5-7,9,18-20H,4,8,10-17H2,1H3,(H,25,26). The minimum absolute atomic E-state index is 0.665. The molecule has 4 aliphatic rings. The molecule has 0 radical (unpaired) electrons. The molecule has 0 atom stereocenters. The van der Waals surface area contributed by atoms with Crippen LogP contribution in [-0.2, 0) is 0 Å². The summed E-state index contributed by atoms with van der Waals surface area (Å²) in [6.45, 7) is 3.55. The fourth-order valence-corrected chi connectivity index (χ4v) is 6.96. The number of hydrogen-bond donors (Lipinski definition) is 1. The first-order valence-electron chi connectivity index (χ1n) is 11.0. The van der Waals surface area contributed by atoms with Gasteiger partial charge in [0, 0.05) is 30.4 Å². The first-order chi connectivity index (χ1) is 13.2. The Hall–Kier alpha value is -1.61. The number of rotatable bonds is 7. The van der Waals surface area contributed by atoms with E-state index in [1.54, 1.807) is 19.3 Å². The highest BCUT2D eigenvalue weighted by Crippen LogP contribution is 2.60. The molecule has 1 heterocycles. The van der Waals surface area contributed by atoms with Crippen LogP contribution in [0.3, 0.4) is 0 Å². The second-order valence-corrected chi connectivity index (χ2v) is 9.81. The summed E-state index contributed by atoms with van der Waals surface area (Å²) in [5, 5.41) is 4.86. The van der Waals surface area contributed by atoms with E-state index in [0.717, 1.165) is 29.8 Å². The lowest BCUT2D eigenvalue weighted by molar-refractivity contribution is -0.0661. The lowest BCUT2D eigenvalue weighted by atomic mass is 9.49. The maximum absolute atomic E-state index is 4.45. The third kappa shape index (κ3) is 3.59. The number of para-hydroxylation sites is 1. The van der Waals surface area contributed by atoms with E-state index >= 15 is 0 Å². The number of pyridine rings is 1. The minimum atomic E-state index is 0.665. The Morgan fingerprint density at radius 2 is 1.74 bits per heavy atom. The second kappa shape index (κ2) is 7.09. The highest BCUT2D eigenvalue weighted by Gasteiger charge is 2.50. The molecular weight excluding hydrogens is 330 g/mol. The zero-order valence-corrected chi connectivity index (χ0v) is 16.7. The summed E-state index contributed by atoms with van der Waals surface area (Å²) in [4.78, 5) is 7.08. The summed E-state index contributed by atoms with van der Waals surface area (Å²) >= 11 is 0. The van der Waals surface area contributed by atoms with E-state index in [4.69, 9.17) is 0 Å². The van der Waals surface area contributed by atoms with Crippen LogP contribution in [0.1, 0.15) is 44.9 Å². The molecule has 4 aliphatic carbocycles. The van der Waals surface area contributed by atoms with E-state index < -0.39 is 0 Å². The van der Waals surface area contributed by atoms with Crippen LogP contribution in [0.4, 0.5) is 5.69 Å². The van der Waals surface area contributed by atoms with E-state index in [-0.39, 0.29) is 0 Å². The Bertz CT molecular complexity index is 759. The summed E-state index contributed by atoms with van der Waals surface area (Å²) < 4.78 is 0. The first kappa shape index (κ1) is 17.5. The van der Waals surface area contributed by atoms with Gasteiger partial charge >= 0.3 is 0 Å². The van der Waals surface area contributed by atoms with E-state index in [2.05, 4.69) is 52.6 Å². The predicted molar refractivity (Wildman–Crippen MR) is 113 cm³/mol. The molecular formula is C24H33N3. The van der Waals surface area contributed by atoms with Crippen molar-refractivity contribution in [2.24, 2.45) is 23.2 Å². The van der Waals surface area contributed by atoms with E-state index in [9.17, 15) is 0 Å². The Morgan fingerprint density at radius 3 is 2.48 bits per heavy atom. The molecule has 6 rings (SSSR count). The molecule has 2 aromatic rings. The molecule has 0 unspecified atom stereocenters. The molecule has 3 heteroatoms. The quantitative estimate of drug-likeness (QED) is 0.687. The van der Waals surface area contributed by atoms with Gasteiger partial charge in [-0.1, -0.05) is 18.2 Å². The first-order valence-corrected chi connectivity index (χ1v) is 11.0. The molecule has 4 bridgehead atoms. The second-order valence-electron chi connectivity index (χ2n) is 9.81. The van der Waals surface area contributed by atoms with Crippen LogP contribution in [0, 0.1) is 23.2 Å². The number of hydrogen-bond acceptors (Lipinski definition) is 3. The lowest BCUT2D eigenvalue weighted by Crippen LogP contribution is -2.50. The monoisotopic (exact) mass is 363 g/mol. The van der Waals surface area contributed by atoms with Gasteiger partial charge in [0.25, 0.3) is 0 Å². The normalized spacial score (nSPS) is 31.7. The SMILES string of the molecule is CN(CCCNc1ccnc2ccccc12)CC12CC3CC(CC(C3)C1)C2. The summed E-state index contributed by atoms with van der Waals surface area (Å²) in [6, 6.07) is 10.5. The molecule has 3 nitrogen and oxygen atoms in total. The Labute approximate surface area is 163 Å². The van der Waals surface area contributed by atoms with Gasteiger partial charge in [-0.3, -0.25) is 4.98 Å². The van der Waals surface area contributed by atoms with Crippen molar-refractivity contribution >= 4 is 16.6 Å². The van der Waals surface area contributed by atoms with Crippen LogP contribution in [0.25, 0.3) is 10.9 Å². The van der Waals surface area contributed by atoms with Crippen LogP contribution in [0.5, 0.6) is 0 Å². The number of aromatic nitrogens is 1. The number of nitrogens with zero attached hydrogens (tertiary/aromatic N) is 2. The van der Waals surface area contributed by atoms with Gasteiger partial charge in [-0.15, -0.1) is 0 Å². The molecule has 1 aromatic heterocycles. The van der Waals surface area contributed by atoms with Crippen molar-refractivity contribution in [3.05, 3.63) is 36.5 Å². The van der Waals surface area contributed by atoms with E-state index in [1.165, 1.54) is 49.8 Å². The van der Waals surface area contributed by atoms with Gasteiger partial charge < -0.3 is 10.2 Å². The number of benzene rings is 1. The van der Waals surface area contributed by atoms with Crippen LogP contribution < -0.4 is 5.32 Å². The fourth-order valence-electron chi connectivity index (χ4n) is 6.96. The Morgan fingerprint density at radius 1 is 1.04 bits per heavy atom. The molecule has 0 aliphatic heterocycles. The van der Waals surface area contributed by atoms with Gasteiger partial charge in [0.2, 0.25) is 0 Å². The molecule has 0 saturated heterocycles. The van der Waals surface area contributed by atoms with Gasteiger partial charge in [-0.2, -0.15) is 0 Å². The molecule has 4 saturated carbocycles. The van der Waals surface area contributed by atoms with Crippen LogP contribution in [0.2, 0.25) is 0 Å². The molecule has 1 aromatic carbocycles. The summed E-state index contributed by atoms with van der Waals surface area (Å²) in [5.74, 6) is 3.18. The third-order valence-electron chi connectivity index (χ3n) is 7.45. The summed E-state index contributed by atoms with van der Waals surface area (Å²) in [7, 11) is 2.35. The number of fused-ring (bicyclic) bond motifs is 1. The zero-order chi connectivity index (χ0) is 18.3. The molecule has 144 valence electrons. The number of anilines is 1. The highest BCUT2D eigenvalue weighted by molar-refractivity contribution is 5.90. The van der Waals surface area contributed by atoms with Gasteiger partial charge in [0.1, 0.15) is 0 Å². The third-order valence-corrected chi connectivity index (χ3v) is 7.45.